The Kier molecular flexibility index (Phi) is 7.50. The molecule has 1 amide bonds. The summed E-state index contributed by atoms with van der Waals surface area (Å²) in [4.78, 5) is 12.0. The molecule has 0 aliphatic carbocycles. The van der Waals surface area contributed by atoms with Gasteiger partial charge >= 0.3 is 6.18 Å². The Bertz CT molecular complexity index is 1120. The lowest BCUT2D eigenvalue weighted by Gasteiger charge is -2.29. The second-order valence-electron chi connectivity index (χ2n) is 6.72. The molecule has 1 unspecified atom stereocenters. The summed E-state index contributed by atoms with van der Waals surface area (Å²) in [6.07, 6.45) is -6.58. The average molecular weight is 479 g/mol. The van der Waals surface area contributed by atoms with E-state index in [1.54, 1.807) is 0 Å². The number of nitrogens with zero attached hydrogens (tertiary/aromatic N) is 1. The van der Waals surface area contributed by atoms with Crippen molar-refractivity contribution in [1.82, 2.24) is 10.9 Å². The summed E-state index contributed by atoms with van der Waals surface area (Å²) in [5.74, 6) is 1.49. The number of carbonyl (C=O) groups is 1. The number of hydrogen-bond donors (Lipinski definition) is 2. The molecule has 0 aliphatic heterocycles. The van der Waals surface area contributed by atoms with Gasteiger partial charge in [-0.15, -0.1) is 0 Å². The topological polar surface area (TPSA) is 61.4 Å². The maximum absolute atomic E-state index is 14.6. The van der Waals surface area contributed by atoms with Crippen LogP contribution in [0.1, 0.15) is 21.5 Å². The predicted molar refractivity (Wildman–Crippen MR) is 111 cm³/mol. The molecule has 2 rings (SSSR count). The molecule has 0 radical (unpaired) electrons. The molecule has 0 spiro atoms. The van der Waals surface area contributed by atoms with Crippen molar-refractivity contribution in [2.24, 2.45) is 0 Å². The molecule has 32 heavy (non-hydrogen) atoms. The van der Waals surface area contributed by atoms with Crippen LogP contribution in [0.5, 0.6) is 0 Å². The Morgan fingerprint density at radius 1 is 1.16 bits per heavy atom. The van der Waals surface area contributed by atoms with Crippen molar-refractivity contribution in [2.45, 2.75) is 19.1 Å². The standard InChI is InChI=1S/C20H19F6N3O2S/c1-12(18(22)23)27-28-19(30)13-8-9-14(16(21)10-13)11-29(32(2,3)31)17-7-5-4-6-15(17)20(24,25)26/h4-10,18,27H,1-2,11H2,3H3,(H,28,30). The fourth-order valence-corrected chi connectivity index (χ4v) is 3.58. The second-order valence-corrected chi connectivity index (χ2v) is 9.08. The third kappa shape index (κ3) is 6.19. The molecule has 0 saturated heterocycles. The van der Waals surface area contributed by atoms with Crippen LogP contribution in [0.25, 0.3) is 0 Å². The first-order valence-electron chi connectivity index (χ1n) is 8.79. The molecule has 2 aromatic carbocycles. The number of rotatable bonds is 8. The number of nitrogens with one attached hydrogen (secondary N) is 2. The lowest BCUT2D eigenvalue weighted by molar-refractivity contribution is -0.137. The number of alkyl halides is 5. The number of para-hydroxylation sites is 1. The number of anilines is 1. The van der Waals surface area contributed by atoms with E-state index in [1.165, 1.54) is 6.07 Å². The van der Waals surface area contributed by atoms with Gasteiger partial charge in [0.1, 0.15) is 5.82 Å². The van der Waals surface area contributed by atoms with Crippen LogP contribution in [0.3, 0.4) is 0 Å². The van der Waals surface area contributed by atoms with Gasteiger partial charge in [0.15, 0.2) is 0 Å². The Hall–Kier alpha value is -3.15. The van der Waals surface area contributed by atoms with E-state index in [9.17, 15) is 35.3 Å². The van der Waals surface area contributed by atoms with Gasteiger partial charge in [-0.3, -0.25) is 20.0 Å². The number of hydrazine groups is 1. The van der Waals surface area contributed by atoms with Crippen molar-refractivity contribution in [3.05, 3.63) is 77.2 Å². The summed E-state index contributed by atoms with van der Waals surface area (Å²) in [7, 11) is -3.27. The monoisotopic (exact) mass is 479 g/mol. The van der Waals surface area contributed by atoms with Crippen LogP contribution < -0.4 is 15.2 Å². The van der Waals surface area contributed by atoms with E-state index >= 15 is 0 Å². The van der Waals surface area contributed by atoms with Crippen LogP contribution in [0.4, 0.5) is 32.0 Å². The second kappa shape index (κ2) is 9.55. The average Bonchev–Trinajstić information content (AvgIpc) is 2.69. The molecule has 5 nitrogen and oxygen atoms in total. The molecular weight excluding hydrogens is 460 g/mol. The fourth-order valence-electron chi connectivity index (χ4n) is 2.60. The molecule has 0 aromatic heterocycles. The summed E-state index contributed by atoms with van der Waals surface area (Å²) in [6, 6.07) is 7.39. The van der Waals surface area contributed by atoms with E-state index in [4.69, 9.17) is 0 Å². The van der Waals surface area contributed by atoms with Gasteiger partial charge in [-0.1, -0.05) is 24.8 Å². The van der Waals surface area contributed by atoms with Crippen molar-refractivity contribution >= 4 is 27.2 Å². The van der Waals surface area contributed by atoms with Gasteiger partial charge in [0, 0.05) is 27.1 Å². The highest BCUT2D eigenvalue weighted by Gasteiger charge is 2.35. The first-order chi connectivity index (χ1) is 14.7. The number of halogens is 6. The van der Waals surface area contributed by atoms with Gasteiger partial charge in [-0.2, -0.15) is 13.2 Å². The Balaban J connectivity index is 2.34. The zero-order chi connectivity index (χ0) is 24.3. The van der Waals surface area contributed by atoms with Crippen molar-refractivity contribution in [2.75, 3.05) is 10.6 Å². The highest BCUT2D eigenvalue weighted by molar-refractivity contribution is 8.00. The molecule has 1 atom stereocenters. The number of hydrogen-bond acceptors (Lipinski definition) is 3. The number of carbonyl (C=O) groups excluding carboxylic acids is 1. The van der Waals surface area contributed by atoms with Gasteiger partial charge in [-0.25, -0.2) is 17.4 Å². The predicted octanol–water partition coefficient (Wildman–Crippen LogP) is 4.13. The number of amides is 1. The van der Waals surface area contributed by atoms with Crippen molar-refractivity contribution in [3.63, 3.8) is 0 Å². The van der Waals surface area contributed by atoms with Gasteiger partial charge in [0.05, 0.1) is 23.5 Å². The third-order valence-corrected chi connectivity index (χ3v) is 5.43. The fraction of sp³-hybridized carbons (Fsp3) is 0.200. The molecule has 12 heteroatoms. The van der Waals surface area contributed by atoms with E-state index in [0.29, 0.717) is 0 Å². The summed E-state index contributed by atoms with van der Waals surface area (Å²) >= 11 is 0. The largest absolute Gasteiger partial charge is 0.418 e. The van der Waals surface area contributed by atoms with E-state index in [0.717, 1.165) is 47.0 Å². The van der Waals surface area contributed by atoms with E-state index in [-0.39, 0.29) is 11.1 Å². The molecule has 0 heterocycles. The van der Waals surface area contributed by atoms with Gasteiger partial charge in [-0.05, 0) is 30.1 Å². The molecular formula is C20H19F6N3O2S. The van der Waals surface area contributed by atoms with Crippen LogP contribution in [-0.2, 0) is 22.4 Å². The van der Waals surface area contributed by atoms with Crippen LogP contribution in [0.2, 0.25) is 0 Å². The smallest absolute Gasteiger partial charge is 0.297 e. The van der Waals surface area contributed by atoms with Crippen LogP contribution in [0.15, 0.2) is 54.7 Å². The lowest BCUT2D eigenvalue weighted by atomic mass is 10.1. The first-order valence-corrected chi connectivity index (χ1v) is 10.9. The van der Waals surface area contributed by atoms with Crippen LogP contribution in [0, 0.1) is 5.82 Å². The molecule has 2 aromatic rings. The summed E-state index contributed by atoms with van der Waals surface area (Å²) in [6.45, 7) is 2.45. The Morgan fingerprint density at radius 3 is 2.31 bits per heavy atom. The summed E-state index contributed by atoms with van der Waals surface area (Å²) in [5, 5.41) is 0. The molecule has 0 aliphatic rings. The minimum Gasteiger partial charge on any atom is -0.297 e. The van der Waals surface area contributed by atoms with Crippen molar-refractivity contribution in [1.29, 1.82) is 0 Å². The van der Waals surface area contributed by atoms with Crippen molar-refractivity contribution in [3.8, 4) is 0 Å². The normalized spacial score (nSPS) is 13.4. The Labute approximate surface area is 180 Å². The van der Waals surface area contributed by atoms with Crippen LogP contribution in [-0.4, -0.2) is 28.7 Å². The van der Waals surface area contributed by atoms with Gasteiger partial charge < -0.3 is 0 Å². The SMILES string of the molecule is C=C(NNC(=O)c1ccc(CN(c2ccccc2C(F)(F)F)S(=C)(C)=O)c(F)c1)C(F)F. The quantitative estimate of drug-likeness (QED) is 0.340. The molecule has 0 fully saturated rings. The van der Waals surface area contributed by atoms with Crippen LogP contribution >= 0.6 is 0 Å². The highest BCUT2D eigenvalue weighted by Crippen LogP contribution is 2.38. The molecule has 174 valence electrons. The number of allylic oxidation sites excluding steroid dienone is 1. The Morgan fingerprint density at radius 2 is 1.78 bits per heavy atom. The third-order valence-electron chi connectivity index (χ3n) is 4.17. The zero-order valence-electron chi connectivity index (χ0n) is 16.7. The lowest BCUT2D eigenvalue weighted by Crippen LogP contribution is -2.38. The van der Waals surface area contributed by atoms with E-state index in [1.807, 2.05) is 10.9 Å². The van der Waals surface area contributed by atoms with E-state index < -0.39 is 57.5 Å². The van der Waals surface area contributed by atoms with Gasteiger partial charge in [0.25, 0.3) is 12.3 Å². The molecule has 0 bridgehead atoms. The highest BCUT2D eigenvalue weighted by atomic mass is 32.2. The minimum atomic E-state index is -4.75. The van der Waals surface area contributed by atoms with Gasteiger partial charge in [0.2, 0.25) is 0 Å². The summed E-state index contributed by atoms with van der Waals surface area (Å²) < 4.78 is 93.1. The maximum atomic E-state index is 14.6. The maximum Gasteiger partial charge on any atom is 0.418 e. The molecule has 0 saturated carbocycles. The zero-order valence-corrected chi connectivity index (χ0v) is 17.5. The summed E-state index contributed by atoms with van der Waals surface area (Å²) in [5.41, 5.74) is 1.09. The first kappa shape index (κ1) is 25.1. The van der Waals surface area contributed by atoms with E-state index in [2.05, 4.69) is 12.4 Å². The molecule has 2 N–H and O–H groups in total. The minimum absolute atomic E-state index is 0.165. The van der Waals surface area contributed by atoms with Crippen molar-refractivity contribution < 1.29 is 35.3 Å². The number of benzene rings is 2.